The van der Waals surface area contributed by atoms with Crippen LogP contribution in [0.2, 0.25) is 0 Å². The van der Waals surface area contributed by atoms with Crippen LogP contribution in [0.1, 0.15) is 36.2 Å². The minimum absolute atomic E-state index is 0.176. The molecule has 1 aromatic rings. The molecular formula is C15H24N4O2. The minimum Gasteiger partial charge on any atom is -0.441 e. The van der Waals surface area contributed by atoms with E-state index in [0.717, 1.165) is 56.8 Å². The van der Waals surface area contributed by atoms with E-state index in [1.807, 2.05) is 14.0 Å². The second-order valence-electron chi connectivity index (χ2n) is 6.45. The maximum Gasteiger partial charge on any atom is 0.410 e. The van der Waals surface area contributed by atoms with E-state index in [4.69, 9.17) is 4.74 Å². The Morgan fingerprint density at radius 3 is 2.76 bits per heavy atom. The number of aryl methyl sites for hydroxylation is 2. The van der Waals surface area contributed by atoms with Crippen molar-refractivity contribution >= 4 is 6.09 Å². The molecule has 1 atom stereocenters. The van der Waals surface area contributed by atoms with Gasteiger partial charge in [-0.05, 0) is 33.2 Å². The molecule has 6 nitrogen and oxygen atoms in total. The molecule has 116 valence electrons. The fourth-order valence-electron chi connectivity index (χ4n) is 3.46. The average Bonchev–Trinajstić information content (AvgIpc) is 2.81. The number of ether oxygens (including phenoxy) is 1. The van der Waals surface area contributed by atoms with Crippen LogP contribution < -0.4 is 0 Å². The lowest BCUT2D eigenvalue weighted by molar-refractivity contribution is 0.0443. The number of carbonyl (C=O) groups excluding carboxylic acids is 1. The van der Waals surface area contributed by atoms with Gasteiger partial charge in [-0.15, -0.1) is 0 Å². The quantitative estimate of drug-likeness (QED) is 0.903. The number of H-pyrrole nitrogens is 1. The van der Waals surface area contributed by atoms with Crippen LogP contribution in [-0.2, 0) is 11.3 Å². The van der Waals surface area contributed by atoms with Gasteiger partial charge in [-0.25, -0.2) is 4.79 Å². The van der Waals surface area contributed by atoms with Crippen LogP contribution in [-0.4, -0.2) is 58.4 Å². The number of nitrogens with zero attached hydrogens (tertiary/aromatic N) is 3. The molecule has 1 N–H and O–H groups in total. The third-order valence-corrected chi connectivity index (χ3v) is 4.79. The van der Waals surface area contributed by atoms with Gasteiger partial charge in [-0.1, -0.05) is 0 Å². The number of aromatic amines is 1. The molecule has 6 heteroatoms. The number of nitrogens with one attached hydrogen (secondary N) is 1. The molecule has 0 aromatic carbocycles. The first-order valence-electron chi connectivity index (χ1n) is 7.66. The van der Waals surface area contributed by atoms with E-state index in [2.05, 4.69) is 22.0 Å². The van der Waals surface area contributed by atoms with Crippen LogP contribution in [0.4, 0.5) is 4.79 Å². The van der Waals surface area contributed by atoms with E-state index in [1.165, 1.54) is 5.56 Å². The van der Waals surface area contributed by atoms with Gasteiger partial charge in [0.05, 0.1) is 12.2 Å². The van der Waals surface area contributed by atoms with Crippen LogP contribution in [0.15, 0.2) is 0 Å². The summed E-state index contributed by atoms with van der Waals surface area (Å²) in [5.74, 6) is 0. The lowest BCUT2D eigenvalue weighted by Gasteiger charge is -2.25. The summed E-state index contributed by atoms with van der Waals surface area (Å²) in [7, 11) is 1.82. The Morgan fingerprint density at radius 1 is 1.33 bits per heavy atom. The summed E-state index contributed by atoms with van der Waals surface area (Å²) in [5.41, 5.74) is 3.27. The summed E-state index contributed by atoms with van der Waals surface area (Å²) in [5, 5.41) is 7.32. The van der Waals surface area contributed by atoms with Crippen molar-refractivity contribution in [1.29, 1.82) is 0 Å². The van der Waals surface area contributed by atoms with Gasteiger partial charge >= 0.3 is 6.09 Å². The van der Waals surface area contributed by atoms with Crippen LogP contribution in [0.25, 0.3) is 0 Å². The van der Waals surface area contributed by atoms with Crippen molar-refractivity contribution in [3.05, 3.63) is 17.0 Å². The predicted molar refractivity (Wildman–Crippen MR) is 79.0 cm³/mol. The third-order valence-electron chi connectivity index (χ3n) is 4.79. The molecule has 21 heavy (non-hydrogen) atoms. The van der Waals surface area contributed by atoms with Gasteiger partial charge in [0, 0.05) is 37.8 Å². The number of amides is 1. The maximum absolute atomic E-state index is 11.7. The zero-order chi connectivity index (χ0) is 15.0. The average molecular weight is 292 g/mol. The van der Waals surface area contributed by atoms with Crippen molar-refractivity contribution < 1.29 is 9.53 Å². The second kappa shape index (κ2) is 5.33. The number of hydrogen-bond acceptors (Lipinski definition) is 4. The van der Waals surface area contributed by atoms with E-state index in [9.17, 15) is 4.79 Å². The van der Waals surface area contributed by atoms with Gasteiger partial charge in [-0.3, -0.25) is 10.00 Å². The van der Waals surface area contributed by atoms with Gasteiger partial charge in [-0.2, -0.15) is 5.10 Å². The Bertz CT molecular complexity index is 522. The van der Waals surface area contributed by atoms with Crippen molar-refractivity contribution in [1.82, 2.24) is 20.0 Å². The molecule has 3 heterocycles. The van der Waals surface area contributed by atoms with Crippen LogP contribution >= 0.6 is 0 Å². The Labute approximate surface area is 125 Å². The molecule has 0 radical (unpaired) electrons. The molecule has 2 fully saturated rings. The van der Waals surface area contributed by atoms with Gasteiger partial charge < -0.3 is 9.64 Å². The van der Waals surface area contributed by atoms with E-state index in [0.29, 0.717) is 0 Å². The molecule has 0 bridgehead atoms. The number of carbonyl (C=O) groups is 1. The summed E-state index contributed by atoms with van der Waals surface area (Å²) >= 11 is 0. The zero-order valence-electron chi connectivity index (χ0n) is 13.1. The Morgan fingerprint density at radius 2 is 2.14 bits per heavy atom. The largest absolute Gasteiger partial charge is 0.441 e. The Kier molecular flexibility index (Phi) is 3.65. The minimum atomic E-state index is -0.263. The highest BCUT2D eigenvalue weighted by molar-refractivity contribution is 5.70. The van der Waals surface area contributed by atoms with Gasteiger partial charge in [0.1, 0.15) is 5.60 Å². The lowest BCUT2D eigenvalue weighted by atomic mass is 9.95. The lowest BCUT2D eigenvalue weighted by Crippen LogP contribution is -2.35. The topological polar surface area (TPSA) is 61.5 Å². The van der Waals surface area contributed by atoms with Crippen molar-refractivity contribution in [2.45, 2.75) is 45.3 Å². The van der Waals surface area contributed by atoms with E-state index in [1.54, 1.807) is 4.90 Å². The van der Waals surface area contributed by atoms with Gasteiger partial charge in [0.15, 0.2) is 0 Å². The monoisotopic (exact) mass is 292 g/mol. The number of likely N-dealkylation sites (tertiary alicyclic amines) is 1. The molecule has 2 saturated heterocycles. The first-order valence-corrected chi connectivity index (χ1v) is 7.66. The summed E-state index contributed by atoms with van der Waals surface area (Å²) in [6.07, 6.45) is 2.77. The van der Waals surface area contributed by atoms with Crippen LogP contribution in [0.5, 0.6) is 0 Å². The SMILES string of the molecule is Cc1n[nH]c(C)c1CN1CCC[C@@]2(CC1)CN(C)C(=O)O2. The van der Waals surface area contributed by atoms with Crippen molar-refractivity contribution in [3.8, 4) is 0 Å². The number of likely N-dealkylation sites (N-methyl/N-ethyl adjacent to an activating group) is 1. The molecule has 2 aliphatic rings. The van der Waals surface area contributed by atoms with Crippen molar-refractivity contribution in [3.63, 3.8) is 0 Å². The third kappa shape index (κ3) is 2.77. The highest BCUT2D eigenvalue weighted by atomic mass is 16.6. The Balaban J connectivity index is 1.65. The fourth-order valence-corrected chi connectivity index (χ4v) is 3.46. The van der Waals surface area contributed by atoms with Crippen molar-refractivity contribution in [2.24, 2.45) is 0 Å². The predicted octanol–water partition coefficient (Wildman–Crippen LogP) is 1.83. The molecule has 2 aliphatic heterocycles. The first kappa shape index (κ1) is 14.4. The second-order valence-corrected chi connectivity index (χ2v) is 6.45. The fraction of sp³-hybridized carbons (Fsp3) is 0.733. The highest BCUT2D eigenvalue weighted by Gasteiger charge is 2.44. The first-order chi connectivity index (χ1) is 9.99. The molecule has 0 unspecified atom stereocenters. The standard InChI is InChI=1S/C15H24N4O2/c1-11-13(12(2)17-16-11)9-19-7-4-5-15(6-8-19)10-18(3)14(20)21-15/h4-10H2,1-3H3,(H,16,17)/t15-/m1/s1. The van der Waals surface area contributed by atoms with Crippen molar-refractivity contribution in [2.75, 3.05) is 26.7 Å². The highest BCUT2D eigenvalue weighted by Crippen LogP contribution is 2.33. The summed E-state index contributed by atoms with van der Waals surface area (Å²) in [4.78, 5) is 15.8. The number of aromatic nitrogens is 2. The molecule has 3 rings (SSSR count). The van der Waals surface area contributed by atoms with E-state index >= 15 is 0 Å². The maximum atomic E-state index is 11.7. The van der Waals surface area contributed by atoms with E-state index < -0.39 is 0 Å². The van der Waals surface area contributed by atoms with Crippen LogP contribution in [0.3, 0.4) is 0 Å². The molecule has 1 amide bonds. The van der Waals surface area contributed by atoms with Crippen LogP contribution in [0, 0.1) is 13.8 Å². The molecule has 1 spiro atoms. The van der Waals surface area contributed by atoms with Gasteiger partial charge in [0.2, 0.25) is 0 Å². The molecule has 0 aliphatic carbocycles. The molecular weight excluding hydrogens is 268 g/mol. The normalized spacial score (nSPS) is 27.2. The summed E-state index contributed by atoms with van der Waals surface area (Å²) < 4.78 is 5.65. The number of hydrogen-bond donors (Lipinski definition) is 1. The Hall–Kier alpha value is -1.56. The molecule has 1 aromatic heterocycles. The summed E-state index contributed by atoms with van der Waals surface area (Å²) in [6.45, 7) is 7.78. The number of rotatable bonds is 2. The molecule has 0 saturated carbocycles. The van der Waals surface area contributed by atoms with E-state index in [-0.39, 0.29) is 11.7 Å². The van der Waals surface area contributed by atoms with Gasteiger partial charge in [0.25, 0.3) is 0 Å². The summed E-state index contributed by atoms with van der Waals surface area (Å²) in [6, 6.07) is 0. The smallest absolute Gasteiger partial charge is 0.410 e. The zero-order valence-corrected chi connectivity index (χ0v) is 13.1.